The van der Waals surface area contributed by atoms with Gasteiger partial charge in [0.15, 0.2) is 0 Å². The Bertz CT molecular complexity index is 1520. The molecule has 0 saturated heterocycles. The molecule has 0 aliphatic heterocycles. The van der Waals surface area contributed by atoms with Crippen molar-refractivity contribution in [1.29, 1.82) is 0 Å². The maximum Gasteiger partial charge on any atom is 0.287 e. The van der Waals surface area contributed by atoms with E-state index in [0.29, 0.717) is 11.1 Å². The summed E-state index contributed by atoms with van der Waals surface area (Å²) in [5.74, 6) is -1.15. The number of carbonyl (C=O) groups is 2. The lowest BCUT2D eigenvalue weighted by molar-refractivity contribution is -0.117. The molecule has 0 aliphatic carbocycles. The lowest BCUT2D eigenvalue weighted by Crippen LogP contribution is -2.33. The second-order valence-corrected chi connectivity index (χ2v) is 9.00. The molecule has 0 unspecified atom stereocenters. The van der Waals surface area contributed by atoms with Gasteiger partial charge in [0.25, 0.3) is 11.8 Å². The molecule has 0 atom stereocenters. The monoisotopic (exact) mass is 531 g/mol. The third-order valence-corrected chi connectivity index (χ3v) is 6.04. The summed E-state index contributed by atoms with van der Waals surface area (Å²) in [6.07, 6.45) is 2.96. The summed E-state index contributed by atoms with van der Waals surface area (Å²) >= 11 is 12.4. The molecule has 4 rings (SSSR count). The third-order valence-electron chi connectivity index (χ3n) is 5.41. The zero-order valence-electron chi connectivity index (χ0n) is 20.1. The summed E-state index contributed by atoms with van der Waals surface area (Å²) in [4.78, 5) is 32.3. The lowest BCUT2D eigenvalue weighted by Gasteiger charge is -2.13. The molecule has 0 fully saturated rings. The quantitative estimate of drug-likeness (QED) is 0.142. The van der Waals surface area contributed by atoms with Crippen LogP contribution in [0.25, 0.3) is 17.0 Å². The van der Waals surface area contributed by atoms with Gasteiger partial charge >= 0.3 is 0 Å². The number of benzene rings is 3. The Morgan fingerprint density at radius 1 is 0.946 bits per heavy atom. The van der Waals surface area contributed by atoms with E-state index in [2.05, 4.69) is 20.8 Å². The van der Waals surface area contributed by atoms with Gasteiger partial charge in [-0.05, 0) is 48.0 Å². The fourth-order valence-electron chi connectivity index (χ4n) is 3.45. The molecular weight excluding hydrogens is 509 g/mol. The van der Waals surface area contributed by atoms with Crippen LogP contribution in [0, 0.1) is 0 Å². The molecule has 186 valence electrons. The number of anilines is 1. The number of hydrogen-bond donors (Lipinski definition) is 2. The number of amides is 2. The standard InChI is InChI=1S/C28H23Cl2N5O2/c1-35(2)21-13-11-18(12-14-21)15-25(33-27(36)22-8-4-5-9-23(22)29)28(37)34-31-17-20-16-19-7-3-6-10-24(19)32-26(20)30/h3-17H,1-2H3,(H,33,36)(H,34,37)/b25-15-,31-17?. The van der Waals surface area contributed by atoms with E-state index in [1.54, 1.807) is 30.3 Å². The largest absolute Gasteiger partial charge is 0.378 e. The van der Waals surface area contributed by atoms with E-state index in [0.717, 1.165) is 16.6 Å². The predicted octanol–water partition coefficient (Wildman–Crippen LogP) is 5.53. The van der Waals surface area contributed by atoms with Crippen LogP contribution in [0.2, 0.25) is 10.2 Å². The molecule has 2 N–H and O–H groups in total. The summed E-state index contributed by atoms with van der Waals surface area (Å²) in [5, 5.41) is 8.08. The van der Waals surface area contributed by atoms with Gasteiger partial charge in [0.05, 0.1) is 22.3 Å². The molecule has 37 heavy (non-hydrogen) atoms. The van der Waals surface area contributed by atoms with Crippen molar-refractivity contribution >= 4 is 63.9 Å². The number of rotatable bonds is 7. The Morgan fingerprint density at radius 3 is 2.38 bits per heavy atom. The highest BCUT2D eigenvalue weighted by Crippen LogP contribution is 2.19. The predicted molar refractivity (Wildman–Crippen MR) is 150 cm³/mol. The molecular formula is C28H23Cl2N5O2. The second-order valence-electron chi connectivity index (χ2n) is 8.24. The summed E-state index contributed by atoms with van der Waals surface area (Å²) < 4.78 is 0. The van der Waals surface area contributed by atoms with Gasteiger partial charge in [-0.1, -0.05) is 65.7 Å². The summed E-state index contributed by atoms with van der Waals surface area (Å²) in [7, 11) is 3.87. The average Bonchev–Trinajstić information content (AvgIpc) is 2.89. The molecule has 2 amide bonds. The van der Waals surface area contributed by atoms with Gasteiger partial charge in [0.2, 0.25) is 0 Å². The van der Waals surface area contributed by atoms with E-state index >= 15 is 0 Å². The number of aromatic nitrogens is 1. The van der Waals surface area contributed by atoms with Gasteiger partial charge in [0.1, 0.15) is 10.9 Å². The van der Waals surface area contributed by atoms with Crippen molar-refractivity contribution in [3.05, 3.63) is 111 Å². The molecule has 0 radical (unpaired) electrons. The number of pyridine rings is 1. The van der Waals surface area contributed by atoms with Crippen LogP contribution in [-0.4, -0.2) is 37.1 Å². The smallest absolute Gasteiger partial charge is 0.287 e. The number of para-hydroxylation sites is 1. The fraction of sp³-hybridized carbons (Fsp3) is 0.0714. The molecule has 4 aromatic rings. The number of fused-ring (bicyclic) bond motifs is 1. The van der Waals surface area contributed by atoms with Crippen molar-refractivity contribution in [2.24, 2.45) is 5.10 Å². The first-order valence-corrected chi connectivity index (χ1v) is 12.0. The zero-order valence-corrected chi connectivity index (χ0v) is 21.6. The van der Waals surface area contributed by atoms with E-state index in [1.807, 2.05) is 73.6 Å². The first kappa shape index (κ1) is 25.9. The molecule has 9 heteroatoms. The lowest BCUT2D eigenvalue weighted by atomic mass is 10.1. The SMILES string of the molecule is CN(C)c1ccc(/C=C(\NC(=O)c2ccccc2Cl)C(=O)NN=Cc2cc3ccccc3nc2Cl)cc1. The van der Waals surface area contributed by atoms with Crippen molar-refractivity contribution in [3.63, 3.8) is 0 Å². The molecule has 1 heterocycles. The molecule has 0 spiro atoms. The van der Waals surface area contributed by atoms with Gasteiger partial charge in [-0.15, -0.1) is 0 Å². The average molecular weight is 532 g/mol. The summed E-state index contributed by atoms with van der Waals surface area (Å²) in [6, 6.07) is 23.4. The van der Waals surface area contributed by atoms with Crippen LogP contribution in [0.3, 0.4) is 0 Å². The summed E-state index contributed by atoms with van der Waals surface area (Å²) in [6.45, 7) is 0. The molecule has 0 aliphatic rings. The van der Waals surface area contributed by atoms with Crippen LogP contribution in [0.15, 0.2) is 89.7 Å². The molecule has 0 bridgehead atoms. The normalized spacial score (nSPS) is 11.5. The van der Waals surface area contributed by atoms with E-state index in [1.165, 1.54) is 6.21 Å². The van der Waals surface area contributed by atoms with Crippen molar-refractivity contribution in [3.8, 4) is 0 Å². The molecule has 0 saturated carbocycles. The number of halogens is 2. The summed E-state index contributed by atoms with van der Waals surface area (Å²) in [5.41, 5.74) is 5.66. The van der Waals surface area contributed by atoms with Crippen molar-refractivity contribution < 1.29 is 9.59 Å². The van der Waals surface area contributed by atoms with Crippen LogP contribution in [0.1, 0.15) is 21.5 Å². The van der Waals surface area contributed by atoms with E-state index in [-0.39, 0.29) is 21.4 Å². The first-order valence-electron chi connectivity index (χ1n) is 11.3. The van der Waals surface area contributed by atoms with Crippen LogP contribution < -0.4 is 15.6 Å². The maximum absolute atomic E-state index is 13.1. The number of nitrogens with zero attached hydrogens (tertiary/aromatic N) is 3. The number of nitrogens with one attached hydrogen (secondary N) is 2. The Hall–Kier alpha value is -4.20. The minimum atomic E-state index is -0.627. The molecule has 3 aromatic carbocycles. The number of hydrogen-bond acceptors (Lipinski definition) is 5. The number of carbonyl (C=O) groups excluding carboxylic acids is 2. The minimum Gasteiger partial charge on any atom is -0.378 e. The Balaban J connectivity index is 1.58. The van der Waals surface area contributed by atoms with Crippen LogP contribution >= 0.6 is 23.2 Å². The van der Waals surface area contributed by atoms with E-state index in [9.17, 15) is 9.59 Å². The first-order chi connectivity index (χ1) is 17.8. The minimum absolute atomic E-state index is 0.0117. The Morgan fingerprint density at radius 2 is 1.65 bits per heavy atom. The Labute approximate surface area is 224 Å². The zero-order chi connectivity index (χ0) is 26.4. The van der Waals surface area contributed by atoms with E-state index < -0.39 is 11.8 Å². The van der Waals surface area contributed by atoms with Gasteiger partial charge in [0, 0.05) is 30.7 Å². The van der Waals surface area contributed by atoms with Crippen LogP contribution in [0.4, 0.5) is 5.69 Å². The van der Waals surface area contributed by atoms with Gasteiger partial charge in [-0.25, -0.2) is 10.4 Å². The van der Waals surface area contributed by atoms with Gasteiger partial charge < -0.3 is 10.2 Å². The van der Waals surface area contributed by atoms with Crippen LogP contribution in [0.5, 0.6) is 0 Å². The second kappa shape index (κ2) is 11.7. The number of hydrazone groups is 1. The fourth-order valence-corrected chi connectivity index (χ4v) is 3.86. The van der Waals surface area contributed by atoms with E-state index in [4.69, 9.17) is 23.2 Å². The van der Waals surface area contributed by atoms with Crippen molar-refractivity contribution in [2.45, 2.75) is 0 Å². The Kier molecular flexibility index (Phi) is 8.18. The molecule has 1 aromatic heterocycles. The maximum atomic E-state index is 13.1. The topological polar surface area (TPSA) is 86.7 Å². The highest BCUT2D eigenvalue weighted by atomic mass is 35.5. The van der Waals surface area contributed by atoms with Gasteiger partial charge in [-0.2, -0.15) is 5.10 Å². The van der Waals surface area contributed by atoms with Crippen molar-refractivity contribution in [2.75, 3.05) is 19.0 Å². The highest BCUT2D eigenvalue weighted by Gasteiger charge is 2.16. The highest BCUT2D eigenvalue weighted by molar-refractivity contribution is 6.34. The van der Waals surface area contributed by atoms with Crippen LogP contribution in [-0.2, 0) is 4.79 Å². The van der Waals surface area contributed by atoms with Crippen molar-refractivity contribution in [1.82, 2.24) is 15.7 Å². The molecule has 7 nitrogen and oxygen atoms in total. The van der Waals surface area contributed by atoms with Gasteiger partial charge in [-0.3, -0.25) is 9.59 Å². The third kappa shape index (κ3) is 6.52.